The van der Waals surface area contributed by atoms with E-state index in [1.54, 1.807) is 19.4 Å². The van der Waals surface area contributed by atoms with E-state index in [-0.39, 0.29) is 0 Å². The second-order valence-corrected chi connectivity index (χ2v) is 5.69. The summed E-state index contributed by atoms with van der Waals surface area (Å²) in [4.78, 5) is 14.1. The van der Waals surface area contributed by atoms with Crippen LogP contribution in [-0.2, 0) is 0 Å². The summed E-state index contributed by atoms with van der Waals surface area (Å²) in [6.07, 6.45) is 1.69. The predicted molar refractivity (Wildman–Crippen MR) is 88.7 cm³/mol. The first-order valence-electron chi connectivity index (χ1n) is 6.59. The van der Waals surface area contributed by atoms with Gasteiger partial charge in [0.15, 0.2) is 11.0 Å². The molecule has 0 unspecified atom stereocenters. The lowest BCUT2D eigenvalue weighted by molar-refractivity contribution is 0.416. The molecule has 112 valence electrons. The Morgan fingerprint density at radius 2 is 1.95 bits per heavy atom. The van der Waals surface area contributed by atoms with Gasteiger partial charge in [0.25, 0.3) is 0 Å². The monoisotopic (exact) mass is 313 g/mol. The highest BCUT2D eigenvalue weighted by Gasteiger charge is 2.15. The molecule has 2 heterocycles. The van der Waals surface area contributed by atoms with E-state index in [1.807, 2.05) is 25.1 Å². The second kappa shape index (κ2) is 5.61. The van der Waals surface area contributed by atoms with Gasteiger partial charge < -0.3 is 16.2 Å². The fourth-order valence-electron chi connectivity index (χ4n) is 2.22. The van der Waals surface area contributed by atoms with Gasteiger partial charge in [-0.15, -0.1) is 0 Å². The normalized spacial score (nSPS) is 10.6. The number of hydrogen-bond acceptors (Lipinski definition) is 7. The van der Waals surface area contributed by atoms with Crippen LogP contribution in [0.25, 0.3) is 22.0 Å². The first-order valence-corrected chi connectivity index (χ1v) is 7.41. The van der Waals surface area contributed by atoms with Gasteiger partial charge in [0, 0.05) is 11.9 Å². The Kier molecular flexibility index (Phi) is 3.64. The molecule has 0 radical (unpaired) electrons. The molecule has 0 spiro atoms. The van der Waals surface area contributed by atoms with Crippen molar-refractivity contribution in [1.29, 1.82) is 0 Å². The standard InChI is InChI=1S/C15H15N5OS/c1-8-13(22-15(17)19-8)10-6-7-18-14(20-10)12-9(16)4-3-5-11(12)21-2/h3-7H,16H2,1-2H3,(H2,17,19). The van der Waals surface area contributed by atoms with E-state index < -0.39 is 0 Å². The number of aryl methyl sites for hydroxylation is 1. The summed E-state index contributed by atoms with van der Waals surface area (Å²) in [5.41, 5.74) is 14.7. The van der Waals surface area contributed by atoms with E-state index in [1.165, 1.54) is 11.3 Å². The molecule has 0 amide bonds. The average Bonchev–Trinajstić information content (AvgIpc) is 2.85. The third kappa shape index (κ3) is 2.46. The van der Waals surface area contributed by atoms with Crippen LogP contribution in [0.4, 0.5) is 10.8 Å². The summed E-state index contributed by atoms with van der Waals surface area (Å²) in [5, 5.41) is 0.518. The smallest absolute Gasteiger partial charge is 0.180 e. The van der Waals surface area contributed by atoms with Gasteiger partial charge >= 0.3 is 0 Å². The zero-order chi connectivity index (χ0) is 15.7. The van der Waals surface area contributed by atoms with Crippen LogP contribution in [-0.4, -0.2) is 22.1 Å². The molecular formula is C15H15N5OS. The van der Waals surface area contributed by atoms with Gasteiger partial charge in [-0.1, -0.05) is 17.4 Å². The van der Waals surface area contributed by atoms with E-state index in [0.717, 1.165) is 16.3 Å². The Bertz CT molecular complexity index is 831. The molecule has 7 heteroatoms. The van der Waals surface area contributed by atoms with Crippen molar-refractivity contribution in [3.8, 4) is 27.7 Å². The fourth-order valence-corrected chi connectivity index (χ4v) is 3.02. The van der Waals surface area contributed by atoms with Crippen molar-refractivity contribution in [1.82, 2.24) is 15.0 Å². The van der Waals surface area contributed by atoms with Gasteiger partial charge in [-0.25, -0.2) is 15.0 Å². The average molecular weight is 313 g/mol. The van der Waals surface area contributed by atoms with Gasteiger partial charge in [-0.05, 0) is 25.1 Å². The van der Waals surface area contributed by atoms with Crippen molar-refractivity contribution in [3.63, 3.8) is 0 Å². The number of thiazole rings is 1. The highest BCUT2D eigenvalue weighted by Crippen LogP contribution is 2.35. The molecule has 22 heavy (non-hydrogen) atoms. The van der Waals surface area contributed by atoms with Gasteiger partial charge in [0.05, 0.1) is 28.9 Å². The molecule has 0 bridgehead atoms. The summed E-state index contributed by atoms with van der Waals surface area (Å²) in [6.45, 7) is 1.90. The number of nitrogen functional groups attached to an aromatic ring is 2. The summed E-state index contributed by atoms with van der Waals surface area (Å²) < 4.78 is 5.36. The van der Waals surface area contributed by atoms with Crippen LogP contribution < -0.4 is 16.2 Å². The zero-order valence-corrected chi connectivity index (χ0v) is 13.0. The van der Waals surface area contributed by atoms with Crippen molar-refractivity contribution >= 4 is 22.2 Å². The van der Waals surface area contributed by atoms with Crippen LogP contribution in [0.5, 0.6) is 5.75 Å². The number of nitrogens with zero attached hydrogens (tertiary/aromatic N) is 3. The van der Waals surface area contributed by atoms with Crippen molar-refractivity contribution in [3.05, 3.63) is 36.2 Å². The van der Waals surface area contributed by atoms with Crippen LogP contribution >= 0.6 is 11.3 Å². The molecule has 0 aliphatic rings. The molecule has 0 aliphatic carbocycles. The van der Waals surface area contributed by atoms with E-state index in [4.69, 9.17) is 16.2 Å². The largest absolute Gasteiger partial charge is 0.496 e. The Balaban J connectivity index is 2.15. The molecular weight excluding hydrogens is 298 g/mol. The minimum atomic E-state index is 0.513. The van der Waals surface area contributed by atoms with Crippen LogP contribution in [0, 0.1) is 6.92 Å². The molecule has 0 aliphatic heterocycles. The third-order valence-corrected chi connectivity index (χ3v) is 4.21. The Hall–Kier alpha value is -2.67. The van der Waals surface area contributed by atoms with Crippen LogP contribution in [0.15, 0.2) is 30.5 Å². The number of anilines is 2. The summed E-state index contributed by atoms with van der Waals surface area (Å²) in [7, 11) is 1.59. The molecule has 3 rings (SSSR count). The first-order chi connectivity index (χ1) is 10.6. The number of methoxy groups -OCH3 is 1. The van der Waals surface area contributed by atoms with Crippen LogP contribution in [0.3, 0.4) is 0 Å². The predicted octanol–water partition coefficient (Wildman–Crippen LogP) is 2.75. The number of aromatic nitrogens is 3. The molecule has 6 nitrogen and oxygen atoms in total. The van der Waals surface area contributed by atoms with E-state index in [9.17, 15) is 0 Å². The molecule has 4 N–H and O–H groups in total. The Labute approximate surface area is 131 Å². The van der Waals surface area contributed by atoms with E-state index >= 15 is 0 Å². The fraction of sp³-hybridized carbons (Fsp3) is 0.133. The number of ether oxygens (including phenoxy) is 1. The second-order valence-electron chi connectivity index (χ2n) is 4.66. The summed E-state index contributed by atoms with van der Waals surface area (Å²) in [6, 6.07) is 7.28. The maximum Gasteiger partial charge on any atom is 0.180 e. The summed E-state index contributed by atoms with van der Waals surface area (Å²) >= 11 is 1.40. The van der Waals surface area contributed by atoms with E-state index in [2.05, 4.69) is 15.0 Å². The molecule has 3 aromatic rings. The Morgan fingerprint density at radius 1 is 1.14 bits per heavy atom. The van der Waals surface area contributed by atoms with Crippen LogP contribution in [0.1, 0.15) is 5.69 Å². The lowest BCUT2D eigenvalue weighted by atomic mass is 10.1. The van der Waals surface area contributed by atoms with Gasteiger partial charge in [0.1, 0.15) is 5.75 Å². The topological polar surface area (TPSA) is 99.9 Å². The number of benzene rings is 1. The molecule has 0 atom stereocenters. The van der Waals surface area contributed by atoms with Crippen molar-refractivity contribution in [2.75, 3.05) is 18.6 Å². The van der Waals surface area contributed by atoms with Crippen molar-refractivity contribution < 1.29 is 4.74 Å². The van der Waals surface area contributed by atoms with Crippen molar-refractivity contribution in [2.24, 2.45) is 0 Å². The molecule has 0 saturated carbocycles. The summed E-state index contributed by atoms with van der Waals surface area (Å²) in [5.74, 6) is 1.15. The minimum Gasteiger partial charge on any atom is -0.496 e. The third-order valence-electron chi connectivity index (χ3n) is 3.20. The lowest BCUT2D eigenvalue weighted by Crippen LogP contribution is -1.98. The lowest BCUT2D eigenvalue weighted by Gasteiger charge is -2.10. The van der Waals surface area contributed by atoms with Gasteiger partial charge in [0.2, 0.25) is 0 Å². The van der Waals surface area contributed by atoms with Crippen LogP contribution in [0.2, 0.25) is 0 Å². The molecule has 2 aromatic heterocycles. The number of nitrogens with two attached hydrogens (primary N) is 2. The number of rotatable bonds is 3. The van der Waals surface area contributed by atoms with E-state index in [0.29, 0.717) is 28.0 Å². The molecule has 0 fully saturated rings. The maximum atomic E-state index is 6.06. The molecule has 1 aromatic carbocycles. The highest BCUT2D eigenvalue weighted by molar-refractivity contribution is 7.18. The van der Waals surface area contributed by atoms with Gasteiger partial charge in [-0.3, -0.25) is 0 Å². The van der Waals surface area contributed by atoms with Gasteiger partial charge in [-0.2, -0.15) is 0 Å². The highest BCUT2D eigenvalue weighted by atomic mass is 32.1. The maximum absolute atomic E-state index is 6.06. The zero-order valence-electron chi connectivity index (χ0n) is 12.2. The first kappa shape index (κ1) is 14.3. The SMILES string of the molecule is COc1cccc(N)c1-c1nccc(-c2sc(N)nc2C)n1. The molecule has 0 saturated heterocycles. The minimum absolute atomic E-state index is 0.513. The quantitative estimate of drug-likeness (QED) is 0.721. The van der Waals surface area contributed by atoms with Crippen molar-refractivity contribution in [2.45, 2.75) is 6.92 Å². The Morgan fingerprint density at radius 3 is 2.64 bits per heavy atom. The number of hydrogen-bond donors (Lipinski definition) is 2.